The van der Waals surface area contributed by atoms with Gasteiger partial charge in [0.25, 0.3) is 0 Å². The van der Waals surface area contributed by atoms with Crippen molar-refractivity contribution in [3.05, 3.63) is 22.5 Å². The lowest BCUT2D eigenvalue weighted by Gasteiger charge is -2.25. The standard InChI is InChI=1S/C18H23NO5/c1-9-8-12-14(16(20)13(9)17(21)23-3)10(2)15(19-12)18(22)24-11-6-4-5-7-11/h9,11,13,19H,4-8H2,1-3H3. The first-order valence-electron chi connectivity index (χ1n) is 8.48. The molecular formula is C18H23NO5. The summed E-state index contributed by atoms with van der Waals surface area (Å²) in [5.74, 6) is -2.19. The number of hydrogen-bond acceptors (Lipinski definition) is 5. The lowest BCUT2D eigenvalue weighted by Crippen LogP contribution is -2.36. The van der Waals surface area contributed by atoms with Gasteiger partial charge in [0.15, 0.2) is 5.78 Å². The van der Waals surface area contributed by atoms with Crippen LogP contribution < -0.4 is 0 Å². The molecule has 1 saturated carbocycles. The predicted octanol–water partition coefficient (Wildman–Crippen LogP) is 2.59. The molecule has 1 N–H and O–H groups in total. The molecule has 0 saturated heterocycles. The van der Waals surface area contributed by atoms with Crippen LogP contribution in [-0.2, 0) is 20.7 Å². The van der Waals surface area contributed by atoms with Gasteiger partial charge in [-0.2, -0.15) is 0 Å². The Labute approximate surface area is 140 Å². The van der Waals surface area contributed by atoms with Crippen molar-refractivity contribution in [2.24, 2.45) is 11.8 Å². The predicted molar refractivity (Wildman–Crippen MR) is 85.9 cm³/mol. The molecular weight excluding hydrogens is 310 g/mol. The normalized spacial score (nSPS) is 23.9. The summed E-state index contributed by atoms with van der Waals surface area (Å²) in [6.07, 6.45) is 4.44. The Morgan fingerprint density at radius 2 is 1.88 bits per heavy atom. The molecule has 0 spiro atoms. The molecule has 1 aromatic rings. The van der Waals surface area contributed by atoms with Gasteiger partial charge in [-0.3, -0.25) is 9.59 Å². The summed E-state index contributed by atoms with van der Waals surface area (Å²) in [5, 5.41) is 0. The summed E-state index contributed by atoms with van der Waals surface area (Å²) >= 11 is 0. The number of carbonyl (C=O) groups excluding carboxylic acids is 3. The monoisotopic (exact) mass is 333 g/mol. The first-order valence-corrected chi connectivity index (χ1v) is 8.48. The smallest absolute Gasteiger partial charge is 0.355 e. The summed E-state index contributed by atoms with van der Waals surface area (Å²) < 4.78 is 10.3. The van der Waals surface area contributed by atoms with Crippen molar-refractivity contribution in [3.8, 4) is 0 Å². The van der Waals surface area contributed by atoms with Gasteiger partial charge in [-0.05, 0) is 50.5 Å². The van der Waals surface area contributed by atoms with Gasteiger partial charge in [0.2, 0.25) is 0 Å². The minimum atomic E-state index is -0.810. The number of Topliss-reactive ketones (excluding diaryl/α,β-unsaturated/α-hetero) is 1. The third-order valence-electron chi connectivity index (χ3n) is 5.19. The number of carbonyl (C=O) groups is 3. The molecule has 1 heterocycles. The van der Waals surface area contributed by atoms with E-state index in [0.717, 1.165) is 25.7 Å². The summed E-state index contributed by atoms with van der Waals surface area (Å²) in [6, 6.07) is 0. The molecule has 0 radical (unpaired) electrons. The Hall–Kier alpha value is -2.11. The van der Waals surface area contributed by atoms with Gasteiger partial charge >= 0.3 is 11.9 Å². The molecule has 2 aliphatic carbocycles. The number of ketones is 1. The number of rotatable bonds is 3. The van der Waals surface area contributed by atoms with E-state index in [2.05, 4.69) is 4.98 Å². The van der Waals surface area contributed by atoms with Gasteiger partial charge in [-0.1, -0.05) is 6.92 Å². The Morgan fingerprint density at radius 1 is 1.21 bits per heavy atom. The van der Waals surface area contributed by atoms with E-state index in [-0.39, 0.29) is 17.8 Å². The van der Waals surface area contributed by atoms with Gasteiger partial charge in [-0.25, -0.2) is 4.79 Å². The molecule has 3 rings (SSSR count). The highest BCUT2D eigenvalue weighted by Crippen LogP contribution is 2.34. The minimum absolute atomic E-state index is 0.0327. The highest BCUT2D eigenvalue weighted by molar-refractivity contribution is 6.12. The highest BCUT2D eigenvalue weighted by Gasteiger charge is 2.42. The molecule has 1 aromatic heterocycles. The number of methoxy groups -OCH3 is 1. The average molecular weight is 333 g/mol. The van der Waals surface area contributed by atoms with E-state index in [1.165, 1.54) is 7.11 Å². The van der Waals surface area contributed by atoms with E-state index >= 15 is 0 Å². The fraction of sp³-hybridized carbons (Fsp3) is 0.611. The van der Waals surface area contributed by atoms with Crippen molar-refractivity contribution in [1.29, 1.82) is 0 Å². The Kier molecular flexibility index (Phi) is 4.47. The average Bonchev–Trinajstić information content (AvgIpc) is 3.15. The maximum Gasteiger partial charge on any atom is 0.355 e. The van der Waals surface area contributed by atoms with Crippen LogP contribution in [-0.4, -0.2) is 35.9 Å². The Morgan fingerprint density at radius 3 is 2.50 bits per heavy atom. The Bertz CT molecular complexity index is 684. The van der Waals surface area contributed by atoms with Crippen molar-refractivity contribution in [2.75, 3.05) is 7.11 Å². The van der Waals surface area contributed by atoms with Crippen LogP contribution in [0.2, 0.25) is 0 Å². The second-order valence-electron chi connectivity index (χ2n) is 6.84. The number of H-pyrrole nitrogens is 1. The molecule has 1 fully saturated rings. The fourth-order valence-electron chi connectivity index (χ4n) is 3.89. The van der Waals surface area contributed by atoms with Gasteiger partial charge in [0, 0.05) is 11.3 Å². The number of ether oxygens (including phenoxy) is 2. The molecule has 2 aliphatic rings. The van der Waals surface area contributed by atoms with Crippen LogP contribution in [0.25, 0.3) is 0 Å². The van der Waals surface area contributed by atoms with Crippen LogP contribution in [0.5, 0.6) is 0 Å². The molecule has 0 bridgehead atoms. The molecule has 0 amide bonds. The second kappa shape index (κ2) is 6.42. The quantitative estimate of drug-likeness (QED) is 0.679. The van der Waals surface area contributed by atoms with Crippen LogP contribution in [0, 0.1) is 18.8 Å². The van der Waals surface area contributed by atoms with Crippen LogP contribution >= 0.6 is 0 Å². The van der Waals surface area contributed by atoms with Gasteiger partial charge in [0.1, 0.15) is 17.7 Å². The van der Waals surface area contributed by atoms with Crippen molar-refractivity contribution >= 4 is 17.7 Å². The molecule has 24 heavy (non-hydrogen) atoms. The lowest BCUT2D eigenvalue weighted by atomic mass is 9.77. The number of fused-ring (bicyclic) bond motifs is 1. The van der Waals surface area contributed by atoms with E-state index in [0.29, 0.717) is 28.9 Å². The second-order valence-corrected chi connectivity index (χ2v) is 6.84. The number of hydrogen-bond donors (Lipinski definition) is 1. The van der Waals surface area contributed by atoms with E-state index in [4.69, 9.17) is 9.47 Å². The zero-order valence-electron chi connectivity index (χ0n) is 14.3. The fourth-order valence-corrected chi connectivity index (χ4v) is 3.89. The number of nitrogens with one attached hydrogen (secondary N) is 1. The highest BCUT2D eigenvalue weighted by atomic mass is 16.5. The maximum atomic E-state index is 12.8. The van der Waals surface area contributed by atoms with E-state index in [1.54, 1.807) is 6.92 Å². The zero-order chi connectivity index (χ0) is 17.4. The van der Waals surface area contributed by atoms with Crippen LogP contribution in [0.1, 0.15) is 64.7 Å². The number of aromatic nitrogens is 1. The summed E-state index contributed by atoms with van der Waals surface area (Å²) in [4.78, 5) is 40.2. The topological polar surface area (TPSA) is 85.5 Å². The maximum absolute atomic E-state index is 12.8. The molecule has 2 unspecified atom stereocenters. The third-order valence-corrected chi connectivity index (χ3v) is 5.19. The van der Waals surface area contributed by atoms with Gasteiger partial charge in [0.05, 0.1) is 7.11 Å². The van der Waals surface area contributed by atoms with E-state index in [1.807, 2.05) is 6.92 Å². The first-order chi connectivity index (χ1) is 11.4. The lowest BCUT2D eigenvalue weighted by molar-refractivity contribution is -0.145. The number of esters is 2. The molecule has 0 aliphatic heterocycles. The van der Waals surface area contributed by atoms with Crippen LogP contribution in [0.4, 0.5) is 0 Å². The van der Waals surface area contributed by atoms with Crippen molar-refractivity contribution in [3.63, 3.8) is 0 Å². The van der Waals surface area contributed by atoms with Crippen LogP contribution in [0.3, 0.4) is 0 Å². The molecule has 6 nitrogen and oxygen atoms in total. The summed E-state index contributed by atoms with van der Waals surface area (Å²) in [5.41, 5.74) is 2.06. The first kappa shape index (κ1) is 16.7. The van der Waals surface area contributed by atoms with Gasteiger partial charge < -0.3 is 14.5 Å². The van der Waals surface area contributed by atoms with Gasteiger partial charge in [-0.15, -0.1) is 0 Å². The Balaban J connectivity index is 1.89. The minimum Gasteiger partial charge on any atom is -0.468 e. The van der Waals surface area contributed by atoms with Crippen molar-refractivity contribution in [1.82, 2.24) is 4.98 Å². The van der Waals surface area contributed by atoms with Crippen molar-refractivity contribution < 1.29 is 23.9 Å². The molecule has 6 heteroatoms. The largest absolute Gasteiger partial charge is 0.468 e. The summed E-state index contributed by atoms with van der Waals surface area (Å²) in [6.45, 7) is 3.57. The zero-order valence-corrected chi connectivity index (χ0v) is 14.3. The van der Waals surface area contributed by atoms with Crippen molar-refractivity contribution in [2.45, 2.75) is 52.1 Å². The van der Waals surface area contributed by atoms with E-state index < -0.39 is 17.9 Å². The molecule has 2 atom stereocenters. The SMILES string of the molecule is COC(=O)C1C(=O)c2c([nH]c(C(=O)OC3CCCC3)c2C)CC1C. The molecule has 130 valence electrons. The third kappa shape index (κ3) is 2.74. The number of aromatic amines is 1. The molecule has 0 aromatic carbocycles. The van der Waals surface area contributed by atoms with Crippen LogP contribution in [0.15, 0.2) is 0 Å². The van der Waals surface area contributed by atoms with E-state index in [9.17, 15) is 14.4 Å². The summed E-state index contributed by atoms with van der Waals surface area (Å²) in [7, 11) is 1.28.